The van der Waals surface area contributed by atoms with Crippen molar-refractivity contribution >= 4 is 130 Å². The Bertz CT molecular complexity index is 7420. The van der Waals surface area contributed by atoms with Gasteiger partial charge in [0.15, 0.2) is 11.6 Å². The second-order valence-electron chi connectivity index (χ2n) is 28.0. The van der Waals surface area contributed by atoms with Crippen molar-refractivity contribution in [1.82, 2.24) is 29.1 Å². The molecule has 0 bridgehead atoms. The van der Waals surface area contributed by atoms with E-state index < -0.39 is 0 Å². The highest BCUT2D eigenvalue weighted by molar-refractivity contribution is 6.35. The minimum atomic E-state index is 0.666. The summed E-state index contributed by atoms with van der Waals surface area (Å²) in [5, 5.41) is 24.2. The zero-order valence-corrected chi connectivity index (χ0v) is 57.3. The lowest BCUT2D eigenvalue weighted by atomic mass is 9.95. The summed E-state index contributed by atoms with van der Waals surface area (Å²) in [4.78, 5) is 21.3. The SMILES string of the molecule is c1ccc(-c2cc(-c3ccc4ccccc4c3)nc(-c3ccc(-n4c5c6ccc(-c7ccc8cc(-c9cc(-c%10ccccc%10)nc(-c%10ccc(-n%11c%12cc%13ccccc%13cc%12c%12c%13ccccc%13c%13ccccc%13c%12%11)cc%10)n9)ccc8c7)cc6ccc5c5c6ccccc6c6ccccc6c54)cc3)n2)cc1. The van der Waals surface area contributed by atoms with Gasteiger partial charge < -0.3 is 9.13 Å². The van der Waals surface area contributed by atoms with E-state index in [-0.39, 0.29) is 0 Å². The Morgan fingerprint density at radius 3 is 1.05 bits per heavy atom. The summed E-state index contributed by atoms with van der Waals surface area (Å²) in [6.45, 7) is 0. The van der Waals surface area contributed by atoms with Crippen LogP contribution in [0.15, 0.2) is 364 Å². The summed E-state index contributed by atoms with van der Waals surface area (Å²) >= 11 is 0. The molecule has 6 heteroatoms. The fourth-order valence-electron chi connectivity index (χ4n) is 17.0. The molecule has 0 atom stereocenters. The summed E-state index contributed by atoms with van der Waals surface area (Å²) < 4.78 is 4.98. The minimum absolute atomic E-state index is 0.666. The molecule has 0 unspecified atom stereocenters. The van der Waals surface area contributed by atoms with Crippen LogP contribution in [0.4, 0.5) is 0 Å². The van der Waals surface area contributed by atoms with Crippen molar-refractivity contribution in [2.45, 2.75) is 0 Å². The molecule has 0 aliphatic heterocycles. The Morgan fingerprint density at radius 1 is 0.170 bits per heavy atom. The third-order valence-electron chi connectivity index (χ3n) is 22.0. The van der Waals surface area contributed by atoms with E-state index in [9.17, 15) is 0 Å². The van der Waals surface area contributed by atoms with Gasteiger partial charge in [-0.3, -0.25) is 0 Å². The molecule has 0 aliphatic rings. The van der Waals surface area contributed by atoms with Crippen molar-refractivity contribution in [2.24, 2.45) is 0 Å². The highest BCUT2D eigenvalue weighted by Crippen LogP contribution is 2.48. The van der Waals surface area contributed by atoms with Gasteiger partial charge in [-0.1, -0.05) is 267 Å². The molecule has 6 nitrogen and oxygen atoms in total. The Balaban J connectivity index is 0.636. The number of rotatable bonds is 9. The van der Waals surface area contributed by atoms with E-state index in [2.05, 4.69) is 367 Å². The Labute approximate surface area is 609 Å². The topological polar surface area (TPSA) is 61.4 Å². The number of hydrogen-bond acceptors (Lipinski definition) is 4. The first-order valence-electron chi connectivity index (χ1n) is 36.2. The van der Waals surface area contributed by atoms with E-state index in [0.717, 1.165) is 100 Å². The quantitative estimate of drug-likeness (QED) is 0.135. The Kier molecular flexibility index (Phi) is 13.3. The fraction of sp³-hybridized carbons (Fsp3) is 0. The maximum Gasteiger partial charge on any atom is 0.160 e. The van der Waals surface area contributed by atoms with Crippen LogP contribution in [-0.4, -0.2) is 29.1 Å². The largest absolute Gasteiger partial charge is 0.309 e. The van der Waals surface area contributed by atoms with Crippen molar-refractivity contribution in [3.63, 3.8) is 0 Å². The van der Waals surface area contributed by atoms with Gasteiger partial charge in [-0.2, -0.15) is 0 Å². The molecule has 22 rings (SSSR count). The van der Waals surface area contributed by atoms with E-state index in [1.807, 2.05) is 6.07 Å². The average Bonchev–Trinajstić information content (AvgIpc) is 1.54. The molecule has 490 valence electrons. The summed E-state index contributed by atoms with van der Waals surface area (Å²) in [5.41, 5.74) is 18.6. The van der Waals surface area contributed by atoms with E-state index in [1.165, 1.54) is 108 Å². The monoisotopic (exact) mass is 1340 g/mol. The molecule has 22 aromatic rings. The molecule has 0 saturated heterocycles. The molecule has 18 aromatic carbocycles. The predicted molar refractivity (Wildman–Crippen MR) is 444 cm³/mol. The van der Waals surface area contributed by atoms with E-state index in [0.29, 0.717) is 11.6 Å². The van der Waals surface area contributed by atoms with Gasteiger partial charge >= 0.3 is 0 Å². The first-order chi connectivity index (χ1) is 52.5. The number of benzene rings is 18. The van der Waals surface area contributed by atoms with Gasteiger partial charge in [-0.15, -0.1) is 0 Å². The van der Waals surface area contributed by atoms with Crippen LogP contribution in [0.25, 0.3) is 220 Å². The van der Waals surface area contributed by atoms with Crippen molar-refractivity contribution in [1.29, 1.82) is 0 Å². The van der Waals surface area contributed by atoms with E-state index in [1.54, 1.807) is 0 Å². The highest BCUT2D eigenvalue weighted by atomic mass is 15.0. The Hall–Kier alpha value is -14.2. The molecule has 106 heavy (non-hydrogen) atoms. The lowest BCUT2D eigenvalue weighted by Crippen LogP contribution is -1.98. The normalized spacial score (nSPS) is 12.0. The van der Waals surface area contributed by atoms with Crippen LogP contribution >= 0.6 is 0 Å². The lowest BCUT2D eigenvalue weighted by Gasteiger charge is -2.14. The number of nitrogens with zero attached hydrogens (tertiary/aromatic N) is 6. The predicted octanol–water partition coefficient (Wildman–Crippen LogP) is 26.4. The number of aromatic nitrogens is 6. The lowest BCUT2D eigenvalue weighted by molar-refractivity contribution is 1.17. The van der Waals surface area contributed by atoms with Gasteiger partial charge in [-0.05, 0) is 178 Å². The molecule has 0 saturated carbocycles. The van der Waals surface area contributed by atoms with Crippen LogP contribution in [-0.2, 0) is 0 Å². The van der Waals surface area contributed by atoms with Gasteiger partial charge in [0, 0.05) is 82.5 Å². The molecule has 0 radical (unpaired) electrons. The summed E-state index contributed by atoms with van der Waals surface area (Å²) in [5.74, 6) is 1.34. The van der Waals surface area contributed by atoms with Crippen LogP contribution in [0.2, 0.25) is 0 Å². The number of hydrogen-bond donors (Lipinski definition) is 0. The van der Waals surface area contributed by atoms with Crippen LogP contribution in [0.5, 0.6) is 0 Å². The second kappa shape index (κ2) is 23.7. The van der Waals surface area contributed by atoms with Crippen LogP contribution in [0.1, 0.15) is 0 Å². The molecule has 4 heterocycles. The third kappa shape index (κ3) is 9.52. The second-order valence-corrected chi connectivity index (χ2v) is 28.0. The summed E-state index contributed by atoms with van der Waals surface area (Å²) in [7, 11) is 0. The van der Waals surface area contributed by atoms with Gasteiger partial charge in [0.2, 0.25) is 0 Å². The van der Waals surface area contributed by atoms with E-state index in [4.69, 9.17) is 19.9 Å². The molecule has 4 aromatic heterocycles. The summed E-state index contributed by atoms with van der Waals surface area (Å²) in [6.07, 6.45) is 0. The van der Waals surface area contributed by atoms with Crippen molar-refractivity contribution in [3.8, 4) is 90.3 Å². The first kappa shape index (κ1) is 59.5. The molecule has 0 fully saturated rings. The zero-order chi connectivity index (χ0) is 69.5. The first-order valence-corrected chi connectivity index (χ1v) is 36.2. The fourth-order valence-corrected chi connectivity index (χ4v) is 17.0. The molecule has 0 spiro atoms. The van der Waals surface area contributed by atoms with Crippen molar-refractivity contribution in [3.05, 3.63) is 364 Å². The molecule has 0 aliphatic carbocycles. The summed E-state index contributed by atoms with van der Waals surface area (Å²) in [6, 6.07) is 132. The van der Waals surface area contributed by atoms with Crippen LogP contribution < -0.4 is 0 Å². The van der Waals surface area contributed by atoms with Crippen LogP contribution in [0, 0.1) is 0 Å². The van der Waals surface area contributed by atoms with Gasteiger partial charge in [0.25, 0.3) is 0 Å². The number of fused-ring (bicyclic) bond motifs is 21. The molecule has 0 amide bonds. The maximum atomic E-state index is 5.42. The Morgan fingerprint density at radius 2 is 0.509 bits per heavy atom. The van der Waals surface area contributed by atoms with E-state index >= 15 is 0 Å². The molecular weight excluding hydrogens is 1290 g/mol. The zero-order valence-electron chi connectivity index (χ0n) is 57.3. The van der Waals surface area contributed by atoms with Crippen LogP contribution in [0.3, 0.4) is 0 Å². The van der Waals surface area contributed by atoms with Crippen molar-refractivity contribution in [2.75, 3.05) is 0 Å². The molecular formula is C100H60N6. The van der Waals surface area contributed by atoms with Crippen molar-refractivity contribution < 1.29 is 0 Å². The maximum absolute atomic E-state index is 5.42. The highest BCUT2D eigenvalue weighted by Gasteiger charge is 2.24. The standard InChI is InChI=1S/C100H60N6/c1-3-20-62(21-4-1)89-59-91(74-39-35-61-19-7-8-24-66(61)55-74)103-100(102-89)65-43-49-77(50-44-65)106-96-78-51-45-72(54-73(78)46-52-87(96)94-83-31-15-11-27-79(83)82-30-14-18-34-86(82)98(94)106)69-36-37-71-56-75(40-38-70(71)53-69)92-60-90(63-22-5-2-6-23-63)101-99(104-92)64-41-47-76(48-42-64)105-93-58-68-26-10-9-25-67(68)57-88(93)95-84-32-16-12-28-80(84)81-29-13-17-33-85(81)97(95)105/h1-60H. The minimum Gasteiger partial charge on any atom is -0.309 e. The smallest absolute Gasteiger partial charge is 0.160 e. The van der Waals surface area contributed by atoms with Gasteiger partial charge in [0.05, 0.1) is 44.8 Å². The third-order valence-corrected chi connectivity index (χ3v) is 22.0. The average molecular weight is 1350 g/mol. The van der Waals surface area contributed by atoms with Gasteiger partial charge in [0.1, 0.15) is 0 Å². The molecule has 0 N–H and O–H groups in total. The van der Waals surface area contributed by atoms with Gasteiger partial charge in [-0.25, -0.2) is 19.9 Å².